The van der Waals surface area contributed by atoms with E-state index in [-0.39, 0.29) is 19.4 Å². The van der Waals surface area contributed by atoms with E-state index in [1.165, 1.54) is 0 Å². The van der Waals surface area contributed by atoms with Crippen molar-refractivity contribution in [1.29, 1.82) is 0 Å². The Hall–Kier alpha value is -1.63. The van der Waals surface area contributed by atoms with Crippen molar-refractivity contribution in [1.82, 2.24) is 10.2 Å². The molecule has 0 aromatic rings. The Kier molecular flexibility index (Phi) is 6.09. The largest absolute Gasteiger partial charge is 0.481 e. The second-order valence-electron chi connectivity index (χ2n) is 3.63. The van der Waals surface area contributed by atoms with Gasteiger partial charge in [-0.25, -0.2) is 4.79 Å². The van der Waals surface area contributed by atoms with Gasteiger partial charge in [0.2, 0.25) is 5.91 Å². The topological polar surface area (TPSA) is 107 Å². The molecule has 0 aromatic heterocycles. The first-order valence-corrected chi connectivity index (χ1v) is 4.71. The lowest BCUT2D eigenvalue weighted by atomic mass is 10.1. The Bertz CT molecular complexity index is 277. The van der Waals surface area contributed by atoms with Crippen molar-refractivity contribution in [2.45, 2.75) is 18.9 Å². The molecule has 1 atom stereocenters. The van der Waals surface area contributed by atoms with Crippen LogP contribution in [-0.2, 0) is 14.4 Å². The molecule has 0 saturated carbocycles. The van der Waals surface area contributed by atoms with E-state index in [0.717, 1.165) is 0 Å². The van der Waals surface area contributed by atoms with Gasteiger partial charge in [0.25, 0.3) is 0 Å². The Labute approximate surface area is 93.0 Å². The lowest BCUT2D eigenvalue weighted by Crippen LogP contribution is -2.44. The summed E-state index contributed by atoms with van der Waals surface area (Å²) in [4.78, 5) is 33.8. The molecule has 0 fully saturated rings. The summed E-state index contributed by atoms with van der Waals surface area (Å²) < 4.78 is 0. The zero-order valence-corrected chi connectivity index (χ0v) is 9.27. The smallest absolute Gasteiger partial charge is 0.326 e. The number of carboxylic acid groups (broad SMARTS) is 2. The number of hydrogen-bond donors (Lipinski definition) is 3. The number of carboxylic acids is 2. The maximum atomic E-state index is 11.2. The molecule has 16 heavy (non-hydrogen) atoms. The van der Waals surface area contributed by atoms with Gasteiger partial charge in [-0.2, -0.15) is 0 Å². The van der Waals surface area contributed by atoms with E-state index in [4.69, 9.17) is 10.2 Å². The highest BCUT2D eigenvalue weighted by Gasteiger charge is 2.20. The number of likely N-dealkylation sites (N-methyl/N-ethyl adjacent to an activating group) is 1. The van der Waals surface area contributed by atoms with Crippen LogP contribution in [0.15, 0.2) is 0 Å². The maximum Gasteiger partial charge on any atom is 0.326 e. The monoisotopic (exact) mass is 232 g/mol. The SMILES string of the molecule is CN(C)CC(=O)N[C@H](CCC(=O)O)C(=O)O. The van der Waals surface area contributed by atoms with E-state index >= 15 is 0 Å². The van der Waals surface area contributed by atoms with Crippen LogP contribution in [0.3, 0.4) is 0 Å². The third kappa shape index (κ3) is 6.77. The minimum atomic E-state index is -1.23. The standard InChI is InChI=1S/C9H16N2O5/c1-11(2)5-7(12)10-6(9(15)16)3-4-8(13)14/h6H,3-5H2,1-2H3,(H,10,12)(H,13,14)(H,15,16)/t6-/m1/s1. The minimum absolute atomic E-state index is 0.0663. The normalized spacial score (nSPS) is 12.2. The van der Waals surface area contributed by atoms with Gasteiger partial charge in [0.05, 0.1) is 6.54 Å². The molecule has 0 aromatic carbocycles. The highest BCUT2D eigenvalue weighted by atomic mass is 16.4. The second kappa shape index (κ2) is 6.78. The summed E-state index contributed by atoms with van der Waals surface area (Å²) in [6.45, 7) is 0.0663. The van der Waals surface area contributed by atoms with E-state index in [1.54, 1.807) is 19.0 Å². The number of hydrogen-bond acceptors (Lipinski definition) is 4. The Morgan fingerprint density at radius 1 is 1.25 bits per heavy atom. The molecule has 0 rings (SSSR count). The lowest BCUT2D eigenvalue weighted by Gasteiger charge is -2.15. The van der Waals surface area contributed by atoms with Gasteiger partial charge in [0.1, 0.15) is 6.04 Å². The molecule has 0 aliphatic rings. The third-order valence-electron chi connectivity index (χ3n) is 1.74. The van der Waals surface area contributed by atoms with Crippen molar-refractivity contribution in [3.8, 4) is 0 Å². The summed E-state index contributed by atoms with van der Waals surface area (Å²) in [5, 5.41) is 19.4. The zero-order valence-electron chi connectivity index (χ0n) is 9.27. The van der Waals surface area contributed by atoms with Crippen molar-refractivity contribution in [2.75, 3.05) is 20.6 Å². The third-order valence-corrected chi connectivity index (χ3v) is 1.74. The summed E-state index contributed by atoms with van der Waals surface area (Å²) in [7, 11) is 3.35. The van der Waals surface area contributed by atoms with E-state index < -0.39 is 23.9 Å². The van der Waals surface area contributed by atoms with Gasteiger partial charge >= 0.3 is 11.9 Å². The zero-order chi connectivity index (χ0) is 12.7. The number of nitrogens with zero attached hydrogens (tertiary/aromatic N) is 1. The average molecular weight is 232 g/mol. The van der Waals surface area contributed by atoms with Gasteiger partial charge in [-0.15, -0.1) is 0 Å². The fourth-order valence-electron chi connectivity index (χ4n) is 1.05. The predicted molar refractivity (Wildman–Crippen MR) is 55.0 cm³/mol. The molecule has 7 nitrogen and oxygen atoms in total. The first kappa shape index (κ1) is 14.4. The van der Waals surface area contributed by atoms with Gasteiger partial charge in [0.15, 0.2) is 0 Å². The Balaban J connectivity index is 4.17. The van der Waals surface area contributed by atoms with Crippen LogP contribution in [0.5, 0.6) is 0 Å². The molecule has 0 unspecified atom stereocenters. The first-order valence-electron chi connectivity index (χ1n) is 4.71. The quantitative estimate of drug-likeness (QED) is 0.518. The van der Waals surface area contributed by atoms with Crippen LogP contribution in [0.25, 0.3) is 0 Å². The predicted octanol–water partition coefficient (Wildman–Crippen LogP) is -1.02. The molecule has 0 heterocycles. The molecular formula is C9H16N2O5. The summed E-state index contributed by atoms with van der Waals surface area (Å²) >= 11 is 0. The summed E-state index contributed by atoms with van der Waals surface area (Å²) in [5.74, 6) is -2.76. The number of aliphatic carboxylic acids is 2. The molecule has 0 aliphatic heterocycles. The van der Waals surface area contributed by atoms with Crippen LogP contribution < -0.4 is 5.32 Å². The number of amides is 1. The average Bonchev–Trinajstić information content (AvgIpc) is 2.09. The molecule has 0 radical (unpaired) electrons. The Morgan fingerprint density at radius 2 is 1.81 bits per heavy atom. The minimum Gasteiger partial charge on any atom is -0.481 e. The number of nitrogens with one attached hydrogen (secondary N) is 1. The van der Waals surface area contributed by atoms with E-state index in [2.05, 4.69) is 5.32 Å². The van der Waals surface area contributed by atoms with Crippen LogP contribution in [0.4, 0.5) is 0 Å². The Morgan fingerprint density at radius 3 is 2.19 bits per heavy atom. The van der Waals surface area contributed by atoms with Crippen molar-refractivity contribution in [3.63, 3.8) is 0 Å². The van der Waals surface area contributed by atoms with Crippen molar-refractivity contribution in [2.24, 2.45) is 0 Å². The van der Waals surface area contributed by atoms with Crippen molar-refractivity contribution >= 4 is 17.8 Å². The van der Waals surface area contributed by atoms with Crippen LogP contribution in [0.2, 0.25) is 0 Å². The van der Waals surface area contributed by atoms with Gasteiger partial charge in [-0.3, -0.25) is 9.59 Å². The van der Waals surface area contributed by atoms with E-state index in [1.807, 2.05) is 0 Å². The van der Waals surface area contributed by atoms with Crippen molar-refractivity contribution in [3.05, 3.63) is 0 Å². The molecule has 0 saturated heterocycles. The second-order valence-corrected chi connectivity index (χ2v) is 3.63. The van der Waals surface area contributed by atoms with Gasteiger partial charge < -0.3 is 20.4 Å². The molecule has 0 aliphatic carbocycles. The first-order chi connectivity index (χ1) is 7.32. The molecule has 7 heteroatoms. The summed E-state index contributed by atoms with van der Waals surface area (Å²) in [6.07, 6.45) is -0.414. The molecule has 92 valence electrons. The van der Waals surface area contributed by atoms with Crippen LogP contribution in [0.1, 0.15) is 12.8 Å². The van der Waals surface area contributed by atoms with Gasteiger partial charge in [0, 0.05) is 6.42 Å². The highest BCUT2D eigenvalue weighted by molar-refractivity contribution is 5.85. The molecule has 1 amide bonds. The van der Waals surface area contributed by atoms with Crippen LogP contribution >= 0.6 is 0 Å². The summed E-state index contributed by atoms with van der Waals surface area (Å²) in [5.41, 5.74) is 0. The van der Waals surface area contributed by atoms with Crippen LogP contribution in [0, 0.1) is 0 Å². The van der Waals surface area contributed by atoms with Gasteiger partial charge in [-0.05, 0) is 20.5 Å². The molecule has 0 spiro atoms. The molecular weight excluding hydrogens is 216 g/mol. The number of carbonyl (C=O) groups excluding carboxylic acids is 1. The highest BCUT2D eigenvalue weighted by Crippen LogP contribution is 1.98. The van der Waals surface area contributed by atoms with Crippen molar-refractivity contribution < 1.29 is 24.6 Å². The fraction of sp³-hybridized carbons (Fsp3) is 0.667. The maximum absolute atomic E-state index is 11.2. The number of rotatable bonds is 7. The summed E-state index contributed by atoms with van der Waals surface area (Å²) in [6, 6.07) is -1.15. The fourth-order valence-corrected chi connectivity index (χ4v) is 1.05. The van der Waals surface area contributed by atoms with Gasteiger partial charge in [-0.1, -0.05) is 0 Å². The van der Waals surface area contributed by atoms with Crippen LogP contribution in [-0.4, -0.2) is 59.6 Å². The van der Waals surface area contributed by atoms with E-state index in [9.17, 15) is 14.4 Å². The van der Waals surface area contributed by atoms with E-state index in [0.29, 0.717) is 0 Å². The molecule has 0 bridgehead atoms. The molecule has 3 N–H and O–H groups in total. The lowest BCUT2D eigenvalue weighted by molar-refractivity contribution is -0.143. The number of carbonyl (C=O) groups is 3.